The van der Waals surface area contributed by atoms with Crippen LogP contribution in [0.25, 0.3) is 0 Å². The van der Waals surface area contributed by atoms with Crippen LogP contribution in [0.1, 0.15) is 225 Å². The molecule has 0 aliphatic heterocycles. The van der Waals surface area contributed by atoms with Crippen LogP contribution in [0.15, 0.2) is 58.5 Å². The lowest BCUT2D eigenvalue weighted by Crippen LogP contribution is -2.15. The first-order chi connectivity index (χ1) is 27.2. The lowest BCUT2D eigenvalue weighted by atomic mass is 10.00. The highest BCUT2D eigenvalue weighted by Gasteiger charge is 2.13. The second kappa shape index (κ2) is 35.3. The van der Waals surface area contributed by atoms with E-state index in [1.807, 2.05) is 0 Å². The van der Waals surface area contributed by atoms with Crippen LogP contribution in [0.5, 0.6) is 0 Å². The highest BCUT2D eigenvalue weighted by atomic mass is 14.8. The second-order valence-electron chi connectivity index (χ2n) is 15.8. The van der Waals surface area contributed by atoms with Crippen molar-refractivity contribution in [3.8, 4) is 23.7 Å². The zero-order valence-electron chi connectivity index (χ0n) is 36.4. The van der Waals surface area contributed by atoms with Gasteiger partial charge in [-0.3, -0.25) is 9.98 Å². The molecule has 0 unspecified atom stereocenters. The lowest BCUT2D eigenvalue weighted by Gasteiger charge is -2.14. The number of rotatable bonds is 32. The number of benzene rings is 2. The van der Waals surface area contributed by atoms with Crippen LogP contribution in [0, 0.1) is 23.7 Å². The van der Waals surface area contributed by atoms with Crippen LogP contribution in [0.4, 0.5) is 11.4 Å². The Labute approximate surface area is 341 Å². The number of nitrogens with zero attached hydrogens (tertiary/aromatic N) is 2. The molecule has 0 radical (unpaired) electrons. The van der Waals surface area contributed by atoms with Gasteiger partial charge in [0, 0.05) is 25.7 Å². The Bertz CT molecular complexity index is 1410. The number of hydrogen-bond acceptors (Lipinski definition) is 2. The van der Waals surface area contributed by atoms with Crippen molar-refractivity contribution >= 4 is 22.8 Å². The molecule has 304 valence electrons. The molecule has 0 saturated carbocycles. The molecule has 55 heavy (non-hydrogen) atoms. The molecule has 0 spiro atoms. The van der Waals surface area contributed by atoms with Gasteiger partial charge in [-0.15, -0.1) is 23.7 Å². The van der Waals surface area contributed by atoms with E-state index in [0.717, 1.165) is 88.4 Å². The summed E-state index contributed by atoms with van der Waals surface area (Å²) in [6.07, 6.45) is 37.5. The van der Waals surface area contributed by atoms with Crippen molar-refractivity contribution in [2.75, 3.05) is 0 Å². The largest absolute Gasteiger partial charge is 0.251 e. The highest BCUT2D eigenvalue weighted by Crippen LogP contribution is 2.26. The topological polar surface area (TPSA) is 24.7 Å². The Kier molecular flexibility index (Phi) is 30.9. The summed E-state index contributed by atoms with van der Waals surface area (Å²) >= 11 is 0. The van der Waals surface area contributed by atoms with Crippen LogP contribution >= 0.6 is 0 Å². The van der Waals surface area contributed by atoms with Crippen molar-refractivity contribution in [1.29, 1.82) is 0 Å². The van der Waals surface area contributed by atoms with Crippen molar-refractivity contribution in [2.24, 2.45) is 9.98 Å². The number of aliphatic imine (C=N–C) groups is 2. The van der Waals surface area contributed by atoms with Crippen molar-refractivity contribution in [2.45, 2.75) is 227 Å². The van der Waals surface area contributed by atoms with Crippen LogP contribution < -0.4 is 0 Å². The van der Waals surface area contributed by atoms with E-state index in [1.54, 1.807) is 0 Å². The van der Waals surface area contributed by atoms with E-state index in [2.05, 4.69) is 99.9 Å². The van der Waals surface area contributed by atoms with E-state index in [1.165, 1.54) is 145 Å². The van der Waals surface area contributed by atoms with Crippen molar-refractivity contribution in [3.05, 3.63) is 59.7 Å². The molecular formula is C53H82N2. The van der Waals surface area contributed by atoms with Crippen molar-refractivity contribution in [3.63, 3.8) is 0 Å². The van der Waals surface area contributed by atoms with Gasteiger partial charge < -0.3 is 0 Å². The van der Waals surface area contributed by atoms with Crippen LogP contribution in [0.3, 0.4) is 0 Å². The molecule has 0 aliphatic carbocycles. The second-order valence-corrected chi connectivity index (χ2v) is 15.8. The summed E-state index contributed by atoms with van der Waals surface area (Å²) in [6, 6.07) is 17.7. The van der Waals surface area contributed by atoms with Crippen molar-refractivity contribution in [1.82, 2.24) is 0 Å². The number of hydrogen-bond donors (Lipinski definition) is 0. The number of para-hydroxylation sites is 2. The average Bonchev–Trinajstić information content (AvgIpc) is 3.20. The monoisotopic (exact) mass is 747 g/mol. The maximum absolute atomic E-state index is 5.50. The molecule has 2 nitrogen and oxygen atoms in total. The third-order valence-corrected chi connectivity index (χ3v) is 10.7. The molecule has 2 rings (SSSR count). The van der Waals surface area contributed by atoms with Gasteiger partial charge in [-0.25, -0.2) is 0 Å². The Morgan fingerprint density at radius 2 is 0.673 bits per heavy atom. The van der Waals surface area contributed by atoms with E-state index in [4.69, 9.17) is 9.98 Å². The quantitative estimate of drug-likeness (QED) is 0.0405. The fourth-order valence-corrected chi connectivity index (χ4v) is 7.17. The average molecular weight is 747 g/mol. The van der Waals surface area contributed by atoms with Gasteiger partial charge in [0.05, 0.1) is 22.8 Å². The van der Waals surface area contributed by atoms with Gasteiger partial charge >= 0.3 is 0 Å². The summed E-state index contributed by atoms with van der Waals surface area (Å²) < 4.78 is 0. The van der Waals surface area contributed by atoms with Crippen LogP contribution in [-0.4, -0.2) is 11.4 Å². The van der Waals surface area contributed by atoms with Crippen LogP contribution in [-0.2, 0) is 12.8 Å². The van der Waals surface area contributed by atoms with Gasteiger partial charge in [-0.05, 0) is 87.5 Å². The highest BCUT2D eigenvalue weighted by molar-refractivity contribution is 6.43. The molecule has 0 N–H and O–H groups in total. The molecule has 2 heteroatoms. The molecule has 0 saturated heterocycles. The first kappa shape index (κ1) is 48.0. The molecule has 0 amide bonds. The van der Waals surface area contributed by atoms with E-state index < -0.39 is 0 Å². The Hall–Kier alpha value is -3.10. The third kappa shape index (κ3) is 24.9. The summed E-state index contributed by atoms with van der Waals surface area (Å²) in [5, 5.41) is 0. The first-order valence-corrected chi connectivity index (χ1v) is 23.5. The SMILES string of the molecule is CCCCCCCCCC#CCCCc1ccccc1N=C(CCCCC)C(CCCCCC)=Nc1ccccc1CCCC#CCCCCCCCCC. The molecule has 2 aromatic rings. The molecule has 0 heterocycles. The third-order valence-electron chi connectivity index (χ3n) is 10.7. The molecule has 2 aromatic carbocycles. The molecule has 0 atom stereocenters. The van der Waals surface area contributed by atoms with Gasteiger partial charge in [0.2, 0.25) is 0 Å². The minimum atomic E-state index is 0.962. The minimum absolute atomic E-state index is 0.962. The summed E-state index contributed by atoms with van der Waals surface area (Å²) in [4.78, 5) is 11.0. The predicted molar refractivity (Wildman–Crippen MR) is 247 cm³/mol. The van der Waals surface area contributed by atoms with Gasteiger partial charge in [-0.2, -0.15) is 0 Å². The van der Waals surface area contributed by atoms with E-state index >= 15 is 0 Å². The van der Waals surface area contributed by atoms with Gasteiger partial charge in [0.1, 0.15) is 0 Å². The predicted octanol–water partition coefficient (Wildman–Crippen LogP) is 17.0. The van der Waals surface area contributed by atoms with E-state index in [0.29, 0.717) is 0 Å². The van der Waals surface area contributed by atoms with Crippen molar-refractivity contribution < 1.29 is 0 Å². The maximum atomic E-state index is 5.50. The zero-order valence-corrected chi connectivity index (χ0v) is 36.4. The standard InChI is InChI=1S/C53H82N2/c1-5-9-13-16-18-20-22-24-26-28-30-33-40-48-42-36-38-44-50(48)54-52(46-32-12-8-4)53(47-35-15-11-7-3)55-51-45-39-37-43-49(51)41-34-31-29-27-25-23-21-19-17-14-10-6-2/h36-39,42-45H,5-25,30-35,40-41,46-47H2,1-4H3. The molecule has 0 aliphatic rings. The summed E-state index contributed by atoms with van der Waals surface area (Å²) in [5.74, 6) is 13.9. The Morgan fingerprint density at radius 3 is 1.09 bits per heavy atom. The summed E-state index contributed by atoms with van der Waals surface area (Å²) in [7, 11) is 0. The number of unbranched alkanes of at least 4 members (excludes halogenated alkanes) is 21. The zero-order chi connectivity index (χ0) is 39.3. The first-order valence-electron chi connectivity index (χ1n) is 23.5. The Morgan fingerprint density at radius 1 is 0.364 bits per heavy atom. The lowest BCUT2D eigenvalue weighted by molar-refractivity contribution is 0.594. The molecule has 0 bridgehead atoms. The van der Waals surface area contributed by atoms with E-state index in [-0.39, 0.29) is 0 Å². The normalized spacial score (nSPS) is 11.6. The number of aryl methyl sites for hydroxylation is 2. The van der Waals surface area contributed by atoms with Gasteiger partial charge in [0.25, 0.3) is 0 Å². The van der Waals surface area contributed by atoms with Gasteiger partial charge in [-0.1, -0.05) is 173 Å². The smallest absolute Gasteiger partial charge is 0.0665 e. The fourth-order valence-electron chi connectivity index (χ4n) is 7.17. The minimum Gasteiger partial charge on any atom is -0.251 e. The summed E-state index contributed by atoms with van der Waals surface area (Å²) in [5.41, 5.74) is 7.30. The summed E-state index contributed by atoms with van der Waals surface area (Å²) in [6.45, 7) is 9.16. The van der Waals surface area contributed by atoms with Crippen LogP contribution in [0.2, 0.25) is 0 Å². The molecule has 0 aromatic heterocycles. The van der Waals surface area contributed by atoms with Gasteiger partial charge in [0.15, 0.2) is 0 Å². The Balaban J connectivity index is 2.14. The van der Waals surface area contributed by atoms with E-state index in [9.17, 15) is 0 Å². The maximum Gasteiger partial charge on any atom is 0.0665 e. The molecule has 0 fully saturated rings. The fraction of sp³-hybridized carbons (Fsp3) is 0.660. The molecular weight excluding hydrogens is 665 g/mol.